The number of hydrogen-bond donors (Lipinski definition) is 1. The number of rotatable bonds is 2. The summed E-state index contributed by atoms with van der Waals surface area (Å²) in [6, 6.07) is 5.18. The second-order valence-electron chi connectivity index (χ2n) is 3.82. The van der Waals surface area contributed by atoms with Crippen molar-refractivity contribution in [2.24, 2.45) is 0 Å². The van der Waals surface area contributed by atoms with Gasteiger partial charge >= 0.3 is 5.97 Å². The van der Waals surface area contributed by atoms with Crippen molar-refractivity contribution in [2.45, 2.75) is 19.9 Å². The third kappa shape index (κ3) is 1.55. The van der Waals surface area contributed by atoms with Gasteiger partial charge < -0.3 is 9.67 Å². The summed E-state index contributed by atoms with van der Waals surface area (Å²) in [6.45, 7) is 3.95. The highest BCUT2D eigenvalue weighted by Gasteiger charge is 2.16. The molecule has 0 saturated heterocycles. The lowest BCUT2D eigenvalue weighted by atomic mass is 10.2. The maximum atomic E-state index is 11.0. The summed E-state index contributed by atoms with van der Waals surface area (Å²) in [5.74, 6) is -0.990. The van der Waals surface area contributed by atoms with Crippen LogP contribution in [0.5, 0.6) is 0 Å². The molecule has 0 spiro atoms. The molecule has 0 unspecified atom stereocenters. The molecule has 5 heteroatoms. The summed E-state index contributed by atoms with van der Waals surface area (Å²) in [6.07, 6.45) is 0. The summed E-state index contributed by atoms with van der Waals surface area (Å²) in [5, 5.41) is 9.35. The summed E-state index contributed by atoms with van der Waals surface area (Å²) in [4.78, 5) is 15.1. The van der Waals surface area contributed by atoms with Crippen LogP contribution in [-0.2, 0) is 0 Å². The van der Waals surface area contributed by atoms with E-state index < -0.39 is 5.97 Å². The first kappa shape index (κ1) is 11.0. The number of carbonyl (C=O) groups is 1. The van der Waals surface area contributed by atoms with Crippen molar-refractivity contribution >= 4 is 28.6 Å². The van der Waals surface area contributed by atoms with Crippen molar-refractivity contribution in [3.8, 4) is 0 Å². The van der Waals surface area contributed by atoms with Crippen LogP contribution in [0.15, 0.2) is 18.2 Å². The Balaban J connectivity index is 2.83. The standard InChI is InChI=1S/C11H11ClN2O2/c1-6(2)14-8-5-3-4-7(10(15)16)9(8)13-11(14)12/h3-6H,1-2H3,(H,15,16). The van der Waals surface area contributed by atoms with Gasteiger partial charge in [0.25, 0.3) is 0 Å². The molecule has 0 aliphatic heterocycles. The zero-order chi connectivity index (χ0) is 11.9. The number of imidazole rings is 1. The van der Waals surface area contributed by atoms with E-state index in [1.807, 2.05) is 24.5 Å². The first-order valence-electron chi connectivity index (χ1n) is 4.92. The lowest BCUT2D eigenvalue weighted by molar-refractivity contribution is 0.0699. The molecule has 1 aromatic heterocycles. The minimum absolute atomic E-state index is 0.140. The smallest absolute Gasteiger partial charge is 0.337 e. The van der Waals surface area contributed by atoms with Gasteiger partial charge in [-0.2, -0.15) is 0 Å². The normalized spacial score (nSPS) is 11.2. The molecule has 84 valence electrons. The Labute approximate surface area is 97.5 Å². The predicted molar refractivity (Wildman–Crippen MR) is 62.1 cm³/mol. The van der Waals surface area contributed by atoms with Gasteiger partial charge in [-0.05, 0) is 37.6 Å². The Morgan fingerprint density at radius 3 is 2.75 bits per heavy atom. The van der Waals surface area contributed by atoms with E-state index in [2.05, 4.69) is 4.98 Å². The molecule has 0 fully saturated rings. The van der Waals surface area contributed by atoms with Crippen LogP contribution >= 0.6 is 11.6 Å². The molecule has 16 heavy (non-hydrogen) atoms. The van der Waals surface area contributed by atoms with Crippen molar-refractivity contribution in [2.75, 3.05) is 0 Å². The van der Waals surface area contributed by atoms with Crippen molar-refractivity contribution < 1.29 is 9.90 Å². The molecule has 0 atom stereocenters. The number of para-hydroxylation sites is 1. The molecule has 0 amide bonds. The van der Waals surface area contributed by atoms with Crippen LogP contribution in [-0.4, -0.2) is 20.6 Å². The molecule has 0 radical (unpaired) electrons. The van der Waals surface area contributed by atoms with Crippen molar-refractivity contribution in [1.82, 2.24) is 9.55 Å². The lowest BCUT2D eigenvalue weighted by Gasteiger charge is -2.09. The maximum absolute atomic E-state index is 11.0. The van der Waals surface area contributed by atoms with Crippen LogP contribution in [0.3, 0.4) is 0 Å². The number of benzene rings is 1. The van der Waals surface area contributed by atoms with Crippen LogP contribution in [0.2, 0.25) is 5.28 Å². The van der Waals surface area contributed by atoms with Gasteiger partial charge in [0.15, 0.2) is 0 Å². The van der Waals surface area contributed by atoms with Gasteiger partial charge in [-0.25, -0.2) is 9.78 Å². The Kier molecular flexibility index (Phi) is 2.59. The van der Waals surface area contributed by atoms with Crippen LogP contribution in [0, 0.1) is 0 Å². The summed E-state index contributed by atoms with van der Waals surface area (Å²) in [7, 11) is 0. The highest BCUT2D eigenvalue weighted by Crippen LogP contribution is 2.26. The Morgan fingerprint density at radius 1 is 1.50 bits per heavy atom. The minimum Gasteiger partial charge on any atom is -0.478 e. The van der Waals surface area contributed by atoms with Gasteiger partial charge in [-0.15, -0.1) is 0 Å². The highest BCUT2D eigenvalue weighted by molar-refractivity contribution is 6.29. The largest absolute Gasteiger partial charge is 0.478 e. The number of carboxylic acids is 1. The number of nitrogens with zero attached hydrogens (tertiary/aromatic N) is 2. The second-order valence-corrected chi connectivity index (χ2v) is 4.16. The zero-order valence-electron chi connectivity index (χ0n) is 8.94. The Morgan fingerprint density at radius 2 is 2.19 bits per heavy atom. The highest BCUT2D eigenvalue weighted by atomic mass is 35.5. The number of fused-ring (bicyclic) bond motifs is 1. The summed E-state index contributed by atoms with van der Waals surface area (Å²) >= 11 is 6.00. The molecular formula is C11H11ClN2O2. The maximum Gasteiger partial charge on any atom is 0.337 e. The second kappa shape index (κ2) is 3.79. The van der Waals surface area contributed by atoms with Crippen LogP contribution in [0.4, 0.5) is 0 Å². The van der Waals surface area contributed by atoms with Crippen molar-refractivity contribution in [1.29, 1.82) is 0 Å². The van der Waals surface area contributed by atoms with Gasteiger partial charge in [0, 0.05) is 6.04 Å². The van der Waals surface area contributed by atoms with E-state index in [-0.39, 0.29) is 11.6 Å². The summed E-state index contributed by atoms with van der Waals surface area (Å²) in [5.41, 5.74) is 1.37. The quantitative estimate of drug-likeness (QED) is 0.875. The third-order valence-corrected chi connectivity index (χ3v) is 2.69. The molecule has 1 aromatic carbocycles. The van der Waals surface area contributed by atoms with Crippen molar-refractivity contribution in [3.05, 3.63) is 29.0 Å². The molecule has 1 N–H and O–H groups in total. The van der Waals surface area contributed by atoms with Gasteiger partial charge in [0.05, 0.1) is 11.1 Å². The monoisotopic (exact) mass is 238 g/mol. The molecule has 4 nitrogen and oxygen atoms in total. The average molecular weight is 239 g/mol. The van der Waals surface area contributed by atoms with Gasteiger partial charge in [-0.1, -0.05) is 6.07 Å². The first-order valence-corrected chi connectivity index (χ1v) is 5.30. The van der Waals surface area contributed by atoms with Crippen molar-refractivity contribution in [3.63, 3.8) is 0 Å². The van der Waals surface area contributed by atoms with E-state index in [4.69, 9.17) is 16.7 Å². The summed E-state index contributed by atoms with van der Waals surface area (Å²) < 4.78 is 1.81. The lowest BCUT2D eigenvalue weighted by Crippen LogP contribution is -2.01. The number of aromatic nitrogens is 2. The van der Waals surface area contributed by atoms with Gasteiger partial charge in [-0.3, -0.25) is 0 Å². The number of hydrogen-bond acceptors (Lipinski definition) is 2. The molecule has 0 bridgehead atoms. The fraction of sp³-hybridized carbons (Fsp3) is 0.273. The fourth-order valence-electron chi connectivity index (χ4n) is 1.75. The van der Waals surface area contributed by atoms with E-state index in [0.717, 1.165) is 5.52 Å². The van der Waals surface area contributed by atoms with E-state index >= 15 is 0 Å². The molecule has 1 heterocycles. The zero-order valence-corrected chi connectivity index (χ0v) is 9.69. The minimum atomic E-state index is -0.990. The Bertz CT molecular complexity index is 560. The molecule has 2 aromatic rings. The number of aromatic carboxylic acids is 1. The SMILES string of the molecule is CC(C)n1c(Cl)nc2c(C(=O)O)cccc21. The van der Waals surface area contributed by atoms with E-state index in [9.17, 15) is 4.79 Å². The molecule has 0 aliphatic carbocycles. The molecule has 0 saturated carbocycles. The van der Waals surface area contributed by atoms with E-state index in [0.29, 0.717) is 10.8 Å². The molecular weight excluding hydrogens is 228 g/mol. The van der Waals surface area contributed by atoms with E-state index in [1.165, 1.54) is 6.07 Å². The molecule has 0 aliphatic rings. The topological polar surface area (TPSA) is 55.1 Å². The Hall–Kier alpha value is -1.55. The van der Waals surface area contributed by atoms with Gasteiger partial charge in [0.2, 0.25) is 5.28 Å². The van der Waals surface area contributed by atoms with Crippen LogP contribution in [0.25, 0.3) is 11.0 Å². The van der Waals surface area contributed by atoms with Gasteiger partial charge in [0.1, 0.15) is 5.52 Å². The predicted octanol–water partition coefficient (Wildman–Crippen LogP) is 2.97. The molecule has 2 rings (SSSR count). The average Bonchev–Trinajstić information content (AvgIpc) is 2.52. The number of halogens is 1. The first-order chi connectivity index (χ1) is 7.52. The fourth-order valence-corrected chi connectivity index (χ4v) is 2.12. The number of carboxylic acid groups (broad SMARTS) is 1. The third-order valence-electron chi connectivity index (χ3n) is 2.42. The van der Waals surface area contributed by atoms with Crippen LogP contribution in [0.1, 0.15) is 30.2 Å². The van der Waals surface area contributed by atoms with E-state index in [1.54, 1.807) is 6.07 Å². The van der Waals surface area contributed by atoms with Crippen LogP contribution < -0.4 is 0 Å².